The van der Waals surface area contributed by atoms with Crippen LogP contribution in [-0.4, -0.2) is 49.7 Å². The van der Waals surface area contributed by atoms with E-state index in [4.69, 9.17) is 4.42 Å². The summed E-state index contributed by atoms with van der Waals surface area (Å²) in [5.41, 5.74) is 2.31. The highest BCUT2D eigenvalue weighted by Gasteiger charge is 2.32. The van der Waals surface area contributed by atoms with Crippen LogP contribution in [0.5, 0.6) is 0 Å². The molecule has 1 aliphatic heterocycles. The maximum absolute atomic E-state index is 13.2. The second kappa shape index (κ2) is 10.0. The van der Waals surface area contributed by atoms with E-state index >= 15 is 0 Å². The van der Waals surface area contributed by atoms with Gasteiger partial charge in [-0.25, -0.2) is 8.42 Å². The molecule has 1 aromatic heterocycles. The number of sulfone groups is 1. The third kappa shape index (κ3) is 5.88. The third-order valence-electron chi connectivity index (χ3n) is 5.53. The predicted molar refractivity (Wildman–Crippen MR) is 124 cm³/mol. The molecule has 1 unspecified atom stereocenters. The van der Waals surface area contributed by atoms with Gasteiger partial charge in [-0.1, -0.05) is 42.5 Å². The molecule has 0 bridgehead atoms. The lowest BCUT2D eigenvalue weighted by molar-refractivity contribution is -0.126. The number of rotatable bonds is 7. The molecule has 1 fully saturated rings. The number of benzene rings is 2. The lowest BCUT2D eigenvalue weighted by Gasteiger charge is -2.33. The minimum atomic E-state index is -3.05. The molecule has 1 saturated heterocycles. The highest BCUT2D eigenvalue weighted by molar-refractivity contribution is 7.91. The zero-order chi connectivity index (χ0) is 23.3. The minimum Gasteiger partial charge on any atom is -0.459 e. The van der Waals surface area contributed by atoms with Crippen molar-refractivity contribution in [2.24, 2.45) is 0 Å². The van der Waals surface area contributed by atoms with Gasteiger partial charge in [-0.05, 0) is 35.4 Å². The average molecular weight is 468 g/mol. The standard InChI is InChI=1S/C24H25N3O5S/c28-23(21-7-4-14-32-21)26-20-10-8-18(9-11-20)17-25-24(29)22(19-5-2-1-3-6-19)27-12-15-33(30,31)16-13-27/h1-11,14,22H,12-13,15-17H2,(H,25,29)(H,26,28). The molecule has 4 rings (SSSR count). The molecule has 2 heterocycles. The molecule has 0 spiro atoms. The fourth-order valence-electron chi connectivity index (χ4n) is 3.74. The highest BCUT2D eigenvalue weighted by Crippen LogP contribution is 2.23. The van der Waals surface area contributed by atoms with Gasteiger partial charge in [0.2, 0.25) is 5.91 Å². The number of anilines is 1. The van der Waals surface area contributed by atoms with E-state index in [-0.39, 0.29) is 29.1 Å². The molecule has 172 valence electrons. The number of furan rings is 1. The maximum Gasteiger partial charge on any atom is 0.291 e. The van der Waals surface area contributed by atoms with Crippen molar-refractivity contribution in [1.29, 1.82) is 0 Å². The van der Waals surface area contributed by atoms with E-state index in [1.165, 1.54) is 6.26 Å². The van der Waals surface area contributed by atoms with E-state index in [1.807, 2.05) is 47.4 Å². The number of hydrogen-bond acceptors (Lipinski definition) is 6. The summed E-state index contributed by atoms with van der Waals surface area (Å²) in [6.45, 7) is 0.944. The van der Waals surface area contributed by atoms with Crippen LogP contribution in [0.15, 0.2) is 77.4 Å². The van der Waals surface area contributed by atoms with Gasteiger partial charge < -0.3 is 15.1 Å². The van der Waals surface area contributed by atoms with Gasteiger partial charge in [-0.2, -0.15) is 0 Å². The quantitative estimate of drug-likeness (QED) is 0.553. The van der Waals surface area contributed by atoms with Gasteiger partial charge in [0, 0.05) is 25.3 Å². The third-order valence-corrected chi connectivity index (χ3v) is 7.14. The molecule has 8 nitrogen and oxygen atoms in total. The predicted octanol–water partition coefficient (Wildman–Crippen LogP) is 2.62. The van der Waals surface area contributed by atoms with Gasteiger partial charge in [-0.15, -0.1) is 0 Å². The van der Waals surface area contributed by atoms with E-state index in [2.05, 4.69) is 10.6 Å². The van der Waals surface area contributed by atoms with Crippen LogP contribution in [0.3, 0.4) is 0 Å². The van der Waals surface area contributed by atoms with E-state index in [9.17, 15) is 18.0 Å². The van der Waals surface area contributed by atoms with Crippen molar-refractivity contribution in [3.8, 4) is 0 Å². The molecular weight excluding hydrogens is 442 g/mol. The summed E-state index contributed by atoms with van der Waals surface area (Å²) in [7, 11) is -3.05. The molecule has 3 aromatic rings. The zero-order valence-electron chi connectivity index (χ0n) is 17.9. The van der Waals surface area contributed by atoms with Crippen molar-refractivity contribution in [3.63, 3.8) is 0 Å². The molecule has 9 heteroatoms. The number of carbonyl (C=O) groups is 2. The van der Waals surface area contributed by atoms with Gasteiger partial charge in [0.15, 0.2) is 15.6 Å². The van der Waals surface area contributed by atoms with Crippen molar-refractivity contribution in [2.75, 3.05) is 29.9 Å². The summed E-state index contributed by atoms with van der Waals surface area (Å²) >= 11 is 0. The number of carbonyl (C=O) groups excluding carboxylic acids is 2. The molecule has 2 amide bonds. The minimum absolute atomic E-state index is 0.0504. The first-order valence-corrected chi connectivity index (χ1v) is 12.4. The summed E-state index contributed by atoms with van der Waals surface area (Å²) in [5.74, 6) is -0.196. The molecule has 33 heavy (non-hydrogen) atoms. The van der Waals surface area contributed by atoms with E-state index in [0.29, 0.717) is 25.3 Å². The number of amides is 2. The monoisotopic (exact) mass is 467 g/mol. The molecule has 2 aromatic carbocycles. The number of nitrogens with zero attached hydrogens (tertiary/aromatic N) is 1. The van der Waals surface area contributed by atoms with Crippen molar-refractivity contribution >= 4 is 27.3 Å². The van der Waals surface area contributed by atoms with Gasteiger partial charge in [0.25, 0.3) is 5.91 Å². The maximum atomic E-state index is 13.2. The Labute approximate surface area is 192 Å². The summed E-state index contributed by atoms with van der Waals surface area (Å²) in [5, 5.41) is 5.72. The second-order valence-corrected chi connectivity index (χ2v) is 10.2. The van der Waals surface area contributed by atoms with Gasteiger partial charge >= 0.3 is 0 Å². The molecule has 1 aliphatic rings. The fourth-order valence-corrected chi connectivity index (χ4v) is 4.97. The van der Waals surface area contributed by atoms with Crippen LogP contribution < -0.4 is 10.6 Å². The van der Waals surface area contributed by atoms with Crippen LogP contribution in [-0.2, 0) is 21.2 Å². The zero-order valence-corrected chi connectivity index (χ0v) is 18.8. The lowest BCUT2D eigenvalue weighted by atomic mass is 10.0. The summed E-state index contributed by atoms with van der Waals surface area (Å²) in [4.78, 5) is 27.1. The Morgan fingerprint density at radius 3 is 2.27 bits per heavy atom. The lowest BCUT2D eigenvalue weighted by Crippen LogP contribution is -2.47. The second-order valence-electron chi connectivity index (χ2n) is 7.85. The van der Waals surface area contributed by atoms with Crippen molar-refractivity contribution < 1.29 is 22.4 Å². The Hall–Kier alpha value is -3.43. The Kier molecular flexibility index (Phi) is 6.90. The van der Waals surface area contributed by atoms with Crippen molar-refractivity contribution in [1.82, 2.24) is 10.2 Å². The van der Waals surface area contributed by atoms with E-state index < -0.39 is 15.9 Å². The Bertz CT molecular complexity index is 1180. The van der Waals surface area contributed by atoms with Crippen molar-refractivity contribution in [2.45, 2.75) is 12.6 Å². The Morgan fingerprint density at radius 2 is 1.64 bits per heavy atom. The normalized spacial score (nSPS) is 16.6. The first-order chi connectivity index (χ1) is 15.9. The molecule has 2 N–H and O–H groups in total. The van der Waals surface area contributed by atoms with Crippen LogP contribution >= 0.6 is 0 Å². The van der Waals surface area contributed by atoms with Crippen LogP contribution in [0.25, 0.3) is 0 Å². The van der Waals surface area contributed by atoms with Crippen LogP contribution in [0, 0.1) is 0 Å². The Morgan fingerprint density at radius 1 is 0.939 bits per heavy atom. The molecule has 0 aliphatic carbocycles. The van der Waals surface area contributed by atoms with Crippen LogP contribution in [0.4, 0.5) is 5.69 Å². The average Bonchev–Trinajstić information content (AvgIpc) is 3.36. The molecule has 0 saturated carbocycles. The summed E-state index contributed by atoms with van der Waals surface area (Å²) < 4.78 is 28.8. The van der Waals surface area contributed by atoms with Crippen LogP contribution in [0.2, 0.25) is 0 Å². The molecular formula is C24H25N3O5S. The largest absolute Gasteiger partial charge is 0.459 e. The Balaban J connectivity index is 1.39. The number of nitrogens with one attached hydrogen (secondary N) is 2. The first-order valence-electron chi connectivity index (χ1n) is 10.6. The molecule has 1 atom stereocenters. The van der Waals surface area contributed by atoms with E-state index in [0.717, 1.165) is 11.1 Å². The van der Waals surface area contributed by atoms with Crippen LogP contribution in [0.1, 0.15) is 27.7 Å². The van der Waals surface area contributed by atoms with Gasteiger partial charge in [0.05, 0.1) is 17.8 Å². The topological polar surface area (TPSA) is 109 Å². The number of hydrogen-bond donors (Lipinski definition) is 2. The van der Waals surface area contributed by atoms with Gasteiger partial charge in [-0.3, -0.25) is 14.5 Å². The first kappa shape index (κ1) is 22.8. The van der Waals surface area contributed by atoms with Gasteiger partial charge in [0.1, 0.15) is 6.04 Å². The highest BCUT2D eigenvalue weighted by atomic mass is 32.2. The smallest absolute Gasteiger partial charge is 0.291 e. The molecule has 0 radical (unpaired) electrons. The van der Waals surface area contributed by atoms with Crippen molar-refractivity contribution in [3.05, 3.63) is 89.9 Å². The summed E-state index contributed by atoms with van der Waals surface area (Å²) in [6.07, 6.45) is 1.44. The summed E-state index contributed by atoms with van der Waals surface area (Å²) in [6, 6.07) is 19.2. The SMILES string of the molecule is O=C(Nc1ccc(CNC(=O)C(c2ccccc2)N2CCS(=O)(=O)CC2)cc1)c1ccco1. The van der Waals surface area contributed by atoms with E-state index in [1.54, 1.807) is 24.3 Å². The fraction of sp³-hybridized carbons (Fsp3) is 0.250.